The van der Waals surface area contributed by atoms with Crippen LogP contribution < -0.4 is 5.32 Å². The van der Waals surface area contributed by atoms with Gasteiger partial charge >= 0.3 is 0 Å². The van der Waals surface area contributed by atoms with E-state index in [4.69, 9.17) is 9.26 Å². The highest BCUT2D eigenvalue weighted by molar-refractivity contribution is 5.27. The quantitative estimate of drug-likeness (QED) is 0.907. The summed E-state index contributed by atoms with van der Waals surface area (Å²) in [5, 5.41) is 7.35. The zero-order valence-electron chi connectivity index (χ0n) is 10.9. The molecule has 0 unspecified atom stereocenters. The number of aromatic nitrogens is 2. The zero-order chi connectivity index (χ0) is 13.1. The Labute approximate surface area is 112 Å². The maximum Gasteiger partial charge on any atom is 0.231 e. The molecule has 1 N–H and O–H groups in total. The molecule has 5 heteroatoms. The van der Waals surface area contributed by atoms with E-state index in [1.54, 1.807) is 0 Å². The fourth-order valence-corrected chi connectivity index (χ4v) is 2.18. The van der Waals surface area contributed by atoms with E-state index in [0.29, 0.717) is 24.7 Å². The molecule has 1 aromatic heterocycles. The third kappa shape index (κ3) is 2.83. The van der Waals surface area contributed by atoms with Crippen molar-refractivity contribution >= 4 is 0 Å². The number of nitrogens with one attached hydrogen (secondary N) is 1. The number of ether oxygens (including phenoxy) is 1. The van der Waals surface area contributed by atoms with Crippen LogP contribution in [-0.2, 0) is 11.2 Å². The van der Waals surface area contributed by atoms with Crippen molar-refractivity contribution in [2.75, 3.05) is 19.8 Å². The molecule has 1 aromatic carbocycles. The second-order valence-electron chi connectivity index (χ2n) is 4.73. The van der Waals surface area contributed by atoms with E-state index < -0.39 is 0 Å². The molecule has 100 valence electrons. The average Bonchev–Trinajstić information content (AvgIpc) is 2.91. The number of hydrogen-bond donors (Lipinski definition) is 1. The van der Waals surface area contributed by atoms with Crippen LogP contribution in [0.5, 0.6) is 0 Å². The van der Waals surface area contributed by atoms with Crippen LogP contribution in [0.1, 0.15) is 28.9 Å². The molecular weight excluding hydrogens is 242 g/mol. The van der Waals surface area contributed by atoms with Crippen LogP contribution in [0.2, 0.25) is 0 Å². The Morgan fingerprint density at radius 3 is 3.05 bits per heavy atom. The molecule has 0 radical (unpaired) electrons. The maximum atomic E-state index is 5.40. The van der Waals surface area contributed by atoms with Gasteiger partial charge in [-0.3, -0.25) is 0 Å². The molecule has 0 saturated carbocycles. The van der Waals surface area contributed by atoms with Gasteiger partial charge in [-0.25, -0.2) is 0 Å². The summed E-state index contributed by atoms with van der Waals surface area (Å²) in [7, 11) is 0. The molecule has 0 bridgehead atoms. The Hall–Kier alpha value is -1.72. The van der Waals surface area contributed by atoms with Crippen LogP contribution in [0.25, 0.3) is 0 Å². The Kier molecular flexibility index (Phi) is 3.57. The van der Waals surface area contributed by atoms with Crippen molar-refractivity contribution < 1.29 is 9.26 Å². The highest BCUT2D eigenvalue weighted by Gasteiger charge is 2.21. The van der Waals surface area contributed by atoms with E-state index in [1.165, 1.54) is 11.1 Å². The second kappa shape index (κ2) is 5.50. The monoisotopic (exact) mass is 259 g/mol. The third-order valence-electron chi connectivity index (χ3n) is 3.32. The first-order valence-electron chi connectivity index (χ1n) is 6.51. The maximum absolute atomic E-state index is 5.40. The molecular formula is C14H17N3O2. The molecule has 1 saturated heterocycles. The number of morpholine rings is 1. The fraction of sp³-hybridized carbons (Fsp3) is 0.429. The van der Waals surface area contributed by atoms with Crippen molar-refractivity contribution in [1.29, 1.82) is 0 Å². The molecule has 0 amide bonds. The number of nitrogens with zero attached hydrogens (tertiary/aromatic N) is 2. The van der Waals surface area contributed by atoms with Crippen LogP contribution in [0, 0.1) is 6.92 Å². The van der Waals surface area contributed by atoms with Crippen LogP contribution >= 0.6 is 0 Å². The predicted molar refractivity (Wildman–Crippen MR) is 69.8 cm³/mol. The average molecular weight is 259 g/mol. The Balaban J connectivity index is 1.73. The summed E-state index contributed by atoms with van der Waals surface area (Å²) >= 11 is 0. The summed E-state index contributed by atoms with van der Waals surface area (Å²) in [6, 6.07) is 8.27. The lowest BCUT2D eigenvalue weighted by Crippen LogP contribution is -2.35. The molecule has 0 spiro atoms. The van der Waals surface area contributed by atoms with Crippen LogP contribution in [-0.4, -0.2) is 29.9 Å². The summed E-state index contributed by atoms with van der Waals surface area (Å²) in [6.07, 6.45) is 0.674. The van der Waals surface area contributed by atoms with Gasteiger partial charge in [-0.1, -0.05) is 29.4 Å². The van der Waals surface area contributed by atoms with Gasteiger partial charge < -0.3 is 14.6 Å². The van der Waals surface area contributed by atoms with Crippen molar-refractivity contribution in [2.45, 2.75) is 19.4 Å². The van der Waals surface area contributed by atoms with Crippen molar-refractivity contribution in [2.24, 2.45) is 0 Å². The number of rotatable bonds is 3. The number of benzene rings is 1. The largest absolute Gasteiger partial charge is 0.378 e. The van der Waals surface area contributed by atoms with Gasteiger partial charge in [0.1, 0.15) is 0 Å². The van der Waals surface area contributed by atoms with Crippen molar-refractivity contribution in [3.63, 3.8) is 0 Å². The molecule has 19 heavy (non-hydrogen) atoms. The topological polar surface area (TPSA) is 60.2 Å². The number of aryl methyl sites for hydroxylation is 1. The number of hydrogen-bond acceptors (Lipinski definition) is 5. The smallest absolute Gasteiger partial charge is 0.231 e. The van der Waals surface area contributed by atoms with E-state index in [9.17, 15) is 0 Å². The molecule has 1 aliphatic heterocycles. The minimum absolute atomic E-state index is 0.0446. The van der Waals surface area contributed by atoms with Crippen molar-refractivity contribution in [3.8, 4) is 0 Å². The second-order valence-corrected chi connectivity index (χ2v) is 4.73. The van der Waals surface area contributed by atoms with E-state index in [1.807, 2.05) is 12.1 Å². The lowest BCUT2D eigenvalue weighted by molar-refractivity contribution is 0.0734. The molecule has 2 heterocycles. The fourth-order valence-electron chi connectivity index (χ4n) is 2.18. The van der Waals surface area contributed by atoms with E-state index >= 15 is 0 Å². The highest BCUT2D eigenvalue weighted by Crippen LogP contribution is 2.16. The van der Waals surface area contributed by atoms with Gasteiger partial charge in [-0.2, -0.15) is 4.98 Å². The van der Waals surface area contributed by atoms with Gasteiger partial charge in [0.15, 0.2) is 5.82 Å². The van der Waals surface area contributed by atoms with Crippen LogP contribution in [0.15, 0.2) is 28.8 Å². The van der Waals surface area contributed by atoms with E-state index in [2.05, 4.69) is 34.5 Å². The first-order chi connectivity index (χ1) is 9.33. The molecule has 2 aromatic rings. The minimum Gasteiger partial charge on any atom is -0.378 e. The highest BCUT2D eigenvalue weighted by atomic mass is 16.5. The normalized spacial score (nSPS) is 19.5. The van der Waals surface area contributed by atoms with Gasteiger partial charge in [0, 0.05) is 6.54 Å². The van der Waals surface area contributed by atoms with E-state index in [0.717, 1.165) is 13.2 Å². The lowest BCUT2D eigenvalue weighted by Gasteiger charge is -2.20. The van der Waals surface area contributed by atoms with Gasteiger partial charge in [0.25, 0.3) is 0 Å². The standard InChI is InChI=1S/C14H17N3O2/c1-10-4-2-3-5-11(10)8-13-16-14(17-19-13)12-9-18-7-6-15-12/h2-5,12,15H,6-9H2,1H3/t12-/m1/s1. The summed E-state index contributed by atoms with van der Waals surface area (Å²) in [5.74, 6) is 1.33. The first-order valence-corrected chi connectivity index (χ1v) is 6.51. The van der Waals surface area contributed by atoms with Crippen LogP contribution in [0.4, 0.5) is 0 Å². The summed E-state index contributed by atoms with van der Waals surface area (Å²) < 4.78 is 10.7. The molecule has 5 nitrogen and oxygen atoms in total. The minimum atomic E-state index is 0.0446. The third-order valence-corrected chi connectivity index (χ3v) is 3.32. The SMILES string of the molecule is Cc1ccccc1Cc1nc([C@H]2COCCN2)no1. The Morgan fingerprint density at radius 1 is 1.37 bits per heavy atom. The molecule has 1 fully saturated rings. The first kappa shape index (κ1) is 12.3. The summed E-state index contributed by atoms with van der Waals surface area (Å²) in [5.41, 5.74) is 2.45. The van der Waals surface area contributed by atoms with Crippen molar-refractivity contribution in [1.82, 2.24) is 15.5 Å². The molecule has 3 rings (SSSR count). The molecule has 1 atom stereocenters. The molecule has 1 aliphatic rings. The van der Waals surface area contributed by atoms with Gasteiger partial charge in [0.05, 0.1) is 25.7 Å². The van der Waals surface area contributed by atoms with Gasteiger partial charge in [0.2, 0.25) is 5.89 Å². The van der Waals surface area contributed by atoms with Crippen molar-refractivity contribution in [3.05, 3.63) is 47.1 Å². The van der Waals surface area contributed by atoms with E-state index in [-0.39, 0.29) is 6.04 Å². The van der Waals surface area contributed by atoms with Gasteiger partial charge in [-0.05, 0) is 18.1 Å². The van der Waals surface area contributed by atoms with Gasteiger partial charge in [-0.15, -0.1) is 0 Å². The molecule has 0 aliphatic carbocycles. The lowest BCUT2D eigenvalue weighted by atomic mass is 10.1. The Morgan fingerprint density at radius 2 is 2.26 bits per heavy atom. The van der Waals surface area contributed by atoms with Crippen LogP contribution in [0.3, 0.4) is 0 Å². The Bertz CT molecular complexity index is 547. The zero-order valence-corrected chi connectivity index (χ0v) is 10.9. The summed E-state index contributed by atoms with van der Waals surface area (Å²) in [6.45, 7) is 4.25. The summed E-state index contributed by atoms with van der Waals surface area (Å²) in [4.78, 5) is 4.45. The predicted octanol–water partition coefficient (Wildman–Crippen LogP) is 1.63.